The molecular formula is C23H19NO. The highest BCUT2D eigenvalue weighted by molar-refractivity contribution is 6.02. The van der Waals surface area contributed by atoms with Gasteiger partial charge in [-0.3, -0.25) is 0 Å². The van der Waals surface area contributed by atoms with Gasteiger partial charge >= 0.3 is 0 Å². The molecule has 1 aliphatic rings. The van der Waals surface area contributed by atoms with Crippen molar-refractivity contribution in [1.82, 2.24) is 0 Å². The van der Waals surface area contributed by atoms with Crippen LogP contribution in [0.4, 0.5) is 0 Å². The first kappa shape index (κ1) is 15.4. The second-order valence-electron chi connectivity index (χ2n) is 6.17. The normalized spacial score (nSPS) is 19.6. The summed E-state index contributed by atoms with van der Waals surface area (Å²) in [5.41, 5.74) is 3.77. The summed E-state index contributed by atoms with van der Waals surface area (Å²) < 4.78 is 0. The van der Waals surface area contributed by atoms with Gasteiger partial charge < -0.3 is 4.84 Å². The first-order valence-electron chi connectivity index (χ1n) is 8.46. The van der Waals surface area contributed by atoms with E-state index < -0.39 is 5.60 Å². The van der Waals surface area contributed by atoms with Gasteiger partial charge in [-0.2, -0.15) is 0 Å². The van der Waals surface area contributed by atoms with Gasteiger partial charge in [0, 0.05) is 12.0 Å². The van der Waals surface area contributed by atoms with Crippen molar-refractivity contribution in [3.05, 3.63) is 114 Å². The molecule has 25 heavy (non-hydrogen) atoms. The molecule has 122 valence electrons. The van der Waals surface area contributed by atoms with Gasteiger partial charge in [-0.15, -0.1) is 0 Å². The minimum Gasteiger partial charge on any atom is -0.379 e. The zero-order valence-corrected chi connectivity index (χ0v) is 13.9. The van der Waals surface area contributed by atoms with Crippen LogP contribution in [0.1, 0.15) is 23.1 Å². The number of oxime groups is 1. The highest BCUT2D eigenvalue weighted by Crippen LogP contribution is 2.38. The van der Waals surface area contributed by atoms with Gasteiger partial charge in [-0.1, -0.05) is 102 Å². The van der Waals surface area contributed by atoms with Gasteiger partial charge in [-0.25, -0.2) is 0 Å². The maximum atomic E-state index is 6.02. The average molecular weight is 325 g/mol. The summed E-state index contributed by atoms with van der Waals surface area (Å²) in [5, 5.41) is 4.41. The molecule has 0 aromatic heterocycles. The number of rotatable bonds is 4. The SMILES string of the molecule is C(=C\C1(c2ccccc2)CC(c2ccccc2)=NO1)/c1ccccc1. The fourth-order valence-electron chi connectivity index (χ4n) is 3.09. The Hall–Kier alpha value is -3.13. The first-order chi connectivity index (χ1) is 12.4. The summed E-state index contributed by atoms with van der Waals surface area (Å²) in [6.07, 6.45) is 4.94. The fourth-order valence-corrected chi connectivity index (χ4v) is 3.09. The van der Waals surface area contributed by atoms with Crippen LogP contribution in [0.25, 0.3) is 6.08 Å². The van der Waals surface area contributed by atoms with Crippen LogP contribution >= 0.6 is 0 Å². The summed E-state index contributed by atoms with van der Waals surface area (Å²) in [6.45, 7) is 0. The van der Waals surface area contributed by atoms with Gasteiger partial charge in [-0.05, 0) is 17.2 Å². The molecule has 2 heteroatoms. The quantitative estimate of drug-likeness (QED) is 0.627. The summed E-state index contributed by atoms with van der Waals surface area (Å²) in [6, 6.07) is 30.8. The zero-order chi connectivity index (χ0) is 17.0. The second kappa shape index (κ2) is 6.78. The van der Waals surface area contributed by atoms with Crippen LogP contribution in [0, 0.1) is 0 Å². The van der Waals surface area contributed by atoms with Crippen molar-refractivity contribution >= 4 is 11.8 Å². The molecule has 3 aromatic rings. The maximum Gasteiger partial charge on any atom is 0.186 e. The second-order valence-corrected chi connectivity index (χ2v) is 6.17. The van der Waals surface area contributed by atoms with Crippen molar-refractivity contribution in [1.29, 1.82) is 0 Å². The van der Waals surface area contributed by atoms with E-state index >= 15 is 0 Å². The molecule has 0 radical (unpaired) electrons. The third-order valence-electron chi connectivity index (χ3n) is 4.46. The lowest BCUT2D eigenvalue weighted by atomic mass is 9.86. The van der Waals surface area contributed by atoms with Crippen LogP contribution in [-0.2, 0) is 10.4 Å². The first-order valence-corrected chi connectivity index (χ1v) is 8.46. The van der Waals surface area contributed by atoms with E-state index in [2.05, 4.69) is 53.7 Å². The Kier molecular flexibility index (Phi) is 4.17. The third-order valence-corrected chi connectivity index (χ3v) is 4.46. The van der Waals surface area contributed by atoms with E-state index in [0.717, 1.165) is 22.4 Å². The van der Waals surface area contributed by atoms with Gasteiger partial charge in [0.1, 0.15) is 0 Å². The summed E-state index contributed by atoms with van der Waals surface area (Å²) in [7, 11) is 0. The average Bonchev–Trinajstić information content (AvgIpc) is 3.14. The maximum absolute atomic E-state index is 6.02. The van der Waals surface area contributed by atoms with Gasteiger partial charge in [0.15, 0.2) is 5.60 Å². The van der Waals surface area contributed by atoms with Crippen molar-refractivity contribution < 1.29 is 4.84 Å². The molecule has 0 N–H and O–H groups in total. The van der Waals surface area contributed by atoms with E-state index in [9.17, 15) is 0 Å². The third kappa shape index (κ3) is 3.24. The van der Waals surface area contributed by atoms with Crippen molar-refractivity contribution in [2.24, 2.45) is 5.16 Å². The van der Waals surface area contributed by atoms with Crippen LogP contribution in [0.2, 0.25) is 0 Å². The van der Waals surface area contributed by atoms with Gasteiger partial charge in [0.2, 0.25) is 0 Å². The Morgan fingerprint density at radius 1 is 0.760 bits per heavy atom. The molecule has 0 saturated heterocycles. The minimum absolute atomic E-state index is 0.567. The van der Waals surface area contributed by atoms with Crippen LogP contribution in [-0.4, -0.2) is 5.71 Å². The minimum atomic E-state index is -0.567. The lowest BCUT2D eigenvalue weighted by Gasteiger charge is -2.23. The summed E-state index contributed by atoms with van der Waals surface area (Å²) >= 11 is 0. The van der Waals surface area contributed by atoms with Crippen molar-refractivity contribution in [2.75, 3.05) is 0 Å². The molecular weight excluding hydrogens is 306 g/mol. The molecule has 3 aromatic carbocycles. The van der Waals surface area contributed by atoms with E-state index in [1.165, 1.54) is 0 Å². The standard InChI is InChI=1S/C23H19NO/c1-4-10-19(11-5-1)16-17-23(21-14-8-3-9-15-21)18-22(24-25-23)20-12-6-2-7-13-20/h1-17H,18H2/b17-16+. The topological polar surface area (TPSA) is 21.6 Å². The molecule has 0 bridgehead atoms. The molecule has 2 nitrogen and oxygen atoms in total. The number of nitrogens with zero attached hydrogens (tertiary/aromatic N) is 1. The number of benzene rings is 3. The smallest absolute Gasteiger partial charge is 0.186 e. The van der Waals surface area contributed by atoms with E-state index in [1.54, 1.807) is 0 Å². The lowest BCUT2D eigenvalue weighted by molar-refractivity contribution is 0.0184. The predicted octanol–water partition coefficient (Wildman–Crippen LogP) is 5.42. The van der Waals surface area contributed by atoms with Crippen LogP contribution < -0.4 is 0 Å². The molecule has 1 heterocycles. The molecule has 1 aliphatic heterocycles. The van der Waals surface area contributed by atoms with Crippen molar-refractivity contribution in [3.63, 3.8) is 0 Å². The van der Waals surface area contributed by atoms with E-state index in [0.29, 0.717) is 6.42 Å². The molecule has 1 atom stereocenters. The Morgan fingerprint density at radius 3 is 2.04 bits per heavy atom. The Labute approximate surface area is 148 Å². The largest absolute Gasteiger partial charge is 0.379 e. The summed E-state index contributed by atoms with van der Waals surface area (Å²) in [4.78, 5) is 6.02. The van der Waals surface area contributed by atoms with E-state index in [-0.39, 0.29) is 0 Å². The number of hydrogen-bond donors (Lipinski definition) is 0. The fraction of sp³-hybridized carbons (Fsp3) is 0.0870. The highest BCUT2D eigenvalue weighted by Gasteiger charge is 2.38. The Morgan fingerprint density at radius 2 is 1.36 bits per heavy atom. The molecule has 4 rings (SSSR count). The lowest BCUT2D eigenvalue weighted by Crippen LogP contribution is -2.23. The molecule has 0 spiro atoms. The van der Waals surface area contributed by atoms with Crippen molar-refractivity contribution in [3.8, 4) is 0 Å². The predicted molar refractivity (Wildman–Crippen MR) is 102 cm³/mol. The van der Waals surface area contributed by atoms with Gasteiger partial charge in [0.05, 0.1) is 5.71 Å². The summed E-state index contributed by atoms with van der Waals surface area (Å²) in [5.74, 6) is 0. The zero-order valence-electron chi connectivity index (χ0n) is 13.9. The van der Waals surface area contributed by atoms with Crippen LogP contribution in [0.5, 0.6) is 0 Å². The highest BCUT2D eigenvalue weighted by atomic mass is 16.7. The van der Waals surface area contributed by atoms with E-state index in [4.69, 9.17) is 4.84 Å². The molecule has 0 saturated carbocycles. The molecule has 0 fully saturated rings. The number of hydrogen-bond acceptors (Lipinski definition) is 2. The molecule has 0 amide bonds. The Balaban J connectivity index is 1.69. The Bertz CT molecular complexity index is 885. The van der Waals surface area contributed by atoms with Crippen LogP contribution in [0.15, 0.2) is 102 Å². The van der Waals surface area contributed by atoms with Crippen molar-refractivity contribution in [2.45, 2.75) is 12.0 Å². The van der Waals surface area contributed by atoms with Gasteiger partial charge in [0.25, 0.3) is 0 Å². The van der Waals surface area contributed by atoms with E-state index in [1.807, 2.05) is 54.6 Å². The molecule has 0 aliphatic carbocycles. The monoisotopic (exact) mass is 325 g/mol. The molecule has 1 unspecified atom stereocenters. The van der Waals surface area contributed by atoms with Crippen LogP contribution in [0.3, 0.4) is 0 Å².